The van der Waals surface area contributed by atoms with Gasteiger partial charge in [-0.3, -0.25) is 19.3 Å². The number of aryl methyl sites for hydroxylation is 1. The molecule has 1 aromatic heterocycles. The van der Waals surface area contributed by atoms with E-state index in [9.17, 15) is 39.9 Å². The lowest BCUT2D eigenvalue weighted by Crippen LogP contribution is -2.70. The molecule has 1 saturated carbocycles. The van der Waals surface area contributed by atoms with E-state index in [1.54, 1.807) is 31.6 Å². The van der Waals surface area contributed by atoms with Crippen LogP contribution in [0, 0.1) is 11.8 Å². The number of hydrogen-bond acceptors (Lipinski definition) is 10. The van der Waals surface area contributed by atoms with Crippen LogP contribution in [0.3, 0.4) is 0 Å². The van der Waals surface area contributed by atoms with Gasteiger partial charge in [0.15, 0.2) is 11.4 Å². The fraction of sp³-hybridized carbons (Fsp3) is 0.484. The SMILES string of the molecule is C[C@H]1c2ccc(C(C)(C)CCCn3ccnc3)c(O)c2C(O)=C2C(=O)[C@]3(O)C(O)=C(C(N)=O)C(=O)C(N(C)C)[C@@H]3[C@@H](O)[C@@H]21. The molecule has 0 aliphatic heterocycles. The van der Waals surface area contributed by atoms with Gasteiger partial charge in [0.05, 0.1) is 30.0 Å². The first kappa shape index (κ1) is 30.5. The minimum absolute atomic E-state index is 0.00354. The Bertz CT molecular complexity index is 1570. The molecule has 12 nitrogen and oxygen atoms in total. The molecule has 2 aromatic rings. The van der Waals surface area contributed by atoms with E-state index in [1.165, 1.54) is 19.0 Å². The molecule has 0 bridgehead atoms. The van der Waals surface area contributed by atoms with Crippen LogP contribution in [0.1, 0.15) is 56.2 Å². The Morgan fingerprint density at radius 3 is 2.44 bits per heavy atom. The maximum atomic E-state index is 14.2. The second-order valence-corrected chi connectivity index (χ2v) is 12.8. The van der Waals surface area contributed by atoms with Crippen molar-refractivity contribution < 1.29 is 39.9 Å². The number of phenolic OH excluding ortho intramolecular Hbond substituents is 1. The van der Waals surface area contributed by atoms with Crippen LogP contribution in [0.15, 0.2) is 47.8 Å². The summed E-state index contributed by atoms with van der Waals surface area (Å²) in [5, 5.41) is 57.9. The number of aromatic nitrogens is 2. The molecule has 1 aromatic carbocycles. The zero-order valence-corrected chi connectivity index (χ0v) is 24.8. The number of aromatic hydroxyl groups is 1. The second-order valence-electron chi connectivity index (χ2n) is 12.8. The average molecular weight is 595 g/mol. The Balaban J connectivity index is 1.64. The van der Waals surface area contributed by atoms with Gasteiger partial charge in [0.25, 0.3) is 5.91 Å². The number of carbonyl (C=O) groups excluding carboxylic acids is 3. The highest BCUT2D eigenvalue weighted by atomic mass is 16.4. The predicted octanol–water partition coefficient (Wildman–Crippen LogP) is 1.45. The molecule has 1 heterocycles. The van der Waals surface area contributed by atoms with Gasteiger partial charge in [0, 0.05) is 36.0 Å². The summed E-state index contributed by atoms with van der Waals surface area (Å²) in [6.07, 6.45) is 5.09. The fourth-order valence-electron chi connectivity index (χ4n) is 7.42. The van der Waals surface area contributed by atoms with Crippen molar-refractivity contribution in [2.24, 2.45) is 17.6 Å². The van der Waals surface area contributed by atoms with Gasteiger partial charge in [-0.25, -0.2) is 4.98 Å². The quantitative estimate of drug-likeness (QED) is 0.255. The van der Waals surface area contributed by atoms with Crippen LogP contribution in [-0.4, -0.2) is 89.3 Å². The number of likely N-dealkylation sites (N-methyl/N-ethyl adjacent to an activating group) is 1. The zero-order chi connectivity index (χ0) is 31.8. The van der Waals surface area contributed by atoms with Gasteiger partial charge in [-0.05, 0) is 43.8 Å². The normalized spacial score (nSPS) is 29.1. The van der Waals surface area contributed by atoms with Crippen molar-refractivity contribution in [3.63, 3.8) is 0 Å². The Morgan fingerprint density at radius 2 is 1.86 bits per heavy atom. The van der Waals surface area contributed by atoms with Crippen molar-refractivity contribution in [3.05, 3.63) is 64.4 Å². The number of aliphatic hydroxyl groups is 4. The number of benzene rings is 1. The first-order valence-corrected chi connectivity index (χ1v) is 14.2. The van der Waals surface area contributed by atoms with Gasteiger partial charge in [-0.2, -0.15) is 0 Å². The van der Waals surface area contributed by atoms with E-state index in [0.717, 1.165) is 13.0 Å². The van der Waals surface area contributed by atoms with Crippen molar-refractivity contribution in [1.29, 1.82) is 0 Å². The van der Waals surface area contributed by atoms with Crippen molar-refractivity contribution in [3.8, 4) is 5.75 Å². The van der Waals surface area contributed by atoms with Crippen molar-refractivity contribution in [2.45, 2.75) is 69.2 Å². The molecule has 1 unspecified atom stereocenters. The first-order chi connectivity index (χ1) is 20.1. The number of fused-ring (bicyclic) bond motifs is 3. The Labute approximate surface area is 248 Å². The minimum Gasteiger partial charge on any atom is -0.508 e. The number of nitrogens with two attached hydrogens (primary N) is 1. The highest BCUT2D eigenvalue weighted by Crippen LogP contribution is 2.57. The molecule has 0 saturated heterocycles. The molecule has 43 heavy (non-hydrogen) atoms. The number of phenols is 1. The van der Waals surface area contributed by atoms with Crippen molar-refractivity contribution in [1.82, 2.24) is 14.5 Å². The van der Waals surface area contributed by atoms with E-state index in [2.05, 4.69) is 4.98 Å². The standard InChI is InChI=1S/C31H38N4O8/c1-14-15-7-8-16(30(2,3)9-6-11-35-12-10-33-13-35)23(36)18(15)24(37)19-17(14)25(38)21-22(34(4)5)26(39)20(29(32)42)28(41)31(21,43)27(19)40/h7-8,10,12-14,17,21-22,25,36-38,41,43H,6,9,11H2,1-5H3,(H2,32,42)/t14-,17+,21+,22?,25-,31-/m0/s1. The maximum absolute atomic E-state index is 14.2. The zero-order valence-electron chi connectivity index (χ0n) is 24.8. The molecule has 12 heteroatoms. The number of hydrogen-bond donors (Lipinski definition) is 6. The van der Waals surface area contributed by atoms with Gasteiger partial charge in [0.2, 0.25) is 5.78 Å². The number of imidazole rings is 1. The molecule has 6 atom stereocenters. The molecule has 230 valence electrons. The van der Waals surface area contributed by atoms with E-state index in [0.29, 0.717) is 17.5 Å². The van der Waals surface area contributed by atoms with E-state index >= 15 is 0 Å². The van der Waals surface area contributed by atoms with Gasteiger partial charge in [-0.1, -0.05) is 32.9 Å². The summed E-state index contributed by atoms with van der Waals surface area (Å²) in [6, 6.07) is 2.13. The summed E-state index contributed by atoms with van der Waals surface area (Å²) in [4.78, 5) is 45.1. The number of aliphatic hydroxyl groups excluding tert-OH is 3. The maximum Gasteiger partial charge on any atom is 0.255 e. The van der Waals surface area contributed by atoms with Crippen LogP contribution >= 0.6 is 0 Å². The van der Waals surface area contributed by atoms with Gasteiger partial charge in [-0.15, -0.1) is 0 Å². The highest BCUT2D eigenvalue weighted by Gasteiger charge is 2.68. The minimum atomic E-state index is -2.94. The van der Waals surface area contributed by atoms with Crippen LogP contribution < -0.4 is 5.73 Å². The summed E-state index contributed by atoms with van der Waals surface area (Å²) in [5.41, 5.74) is 1.54. The number of carbonyl (C=O) groups is 3. The van der Waals surface area contributed by atoms with Gasteiger partial charge in [0.1, 0.15) is 22.8 Å². The monoisotopic (exact) mass is 594 g/mol. The number of rotatable bonds is 7. The van der Waals surface area contributed by atoms with Crippen molar-refractivity contribution >= 4 is 23.2 Å². The molecule has 0 spiro atoms. The highest BCUT2D eigenvalue weighted by molar-refractivity contribution is 6.24. The first-order valence-electron chi connectivity index (χ1n) is 14.2. The molecule has 3 aliphatic carbocycles. The predicted molar refractivity (Wildman–Crippen MR) is 155 cm³/mol. The number of amides is 1. The smallest absolute Gasteiger partial charge is 0.255 e. The van der Waals surface area contributed by atoms with Gasteiger partial charge >= 0.3 is 0 Å². The number of Topliss-reactive ketones (excluding diaryl/α,β-unsaturated/α-hetero) is 2. The topological polar surface area (TPSA) is 199 Å². The van der Waals surface area contributed by atoms with E-state index in [1.807, 2.05) is 24.6 Å². The van der Waals surface area contributed by atoms with E-state index < -0.39 is 81.1 Å². The number of primary amides is 1. The molecule has 7 N–H and O–H groups in total. The van der Waals surface area contributed by atoms with Crippen LogP contribution in [-0.2, 0) is 26.3 Å². The molecule has 1 amide bonds. The second kappa shape index (κ2) is 10.3. The molecule has 0 radical (unpaired) electrons. The summed E-state index contributed by atoms with van der Waals surface area (Å²) in [7, 11) is 2.95. The Hall–Kier alpha value is -4.00. The number of ketones is 2. The lowest BCUT2D eigenvalue weighted by atomic mass is 9.54. The van der Waals surface area contributed by atoms with Crippen LogP contribution in [0.2, 0.25) is 0 Å². The van der Waals surface area contributed by atoms with E-state index in [-0.39, 0.29) is 11.3 Å². The third-order valence-corrected chi connectivity index (χ3v) is 9.64. The largest absolute Gasteiger partial charge is 0.508 e. The van der Waals surface area contributed by atoms with Crippen LogP contribution in [0.25, 0.3) is 5.76 Å². The molecule has 1 fully saturated rings. The molecular formula is C31H38N4O8. The molecular weight excluding hydrogens is 556 g/mol. The summed E-state index contributed by atoms with van der Waals surface area (Å²) < 4.78 is 1.95. The Morgan fingerprint density at radius 1 is 1.19 bits per heavy atom. The van der Waals surface area contributed by atoms with Crippen molar-refractivity contribution in [2.75, 3.05) is 14.1 Å². The summed E-state index contributed by atoms with van der Waals surface area (Å²) >= 11 is 0. The number of nitrogens with zero attached hydrogens (tertiary/aromatic N) is 3. The Kier molecular flexibility index (Phi) is 7.31. The van der Waals surface area contributed by atoms with Crippen LogP contribution in [0.5, 0.6) is 5.75 Å². The van der Waals surface area contributed by atoms with Gasteiger partial charge < -0.3 is 35.8 Å². The lowest BCUT2D eigenvalue weighted by molar-refractivity contribution is -0.169. The van der Waals surface area contributed by atoms with Crippen LogP contribution in [0.4, 0.5) is 0 Å². The third kappa shape index (κ3) is 4.30. The molecule has 5 rings (SSSR count). The van der Waals surface area contributed by atoms with E-state index in [4.69, 9.17) is 5.73 Å². The average Bonchev–Trinajstić information content (AvgIpc) is 3.43. The fourth-order valence-corrected chi connectivity index (χ4v) is 7.42. The summed E-state index contributed by atoms with van der Waals surface area (Å²) in [6.45, 7) is 6.35. The third-order valence-electron chi connectivity index (χ3n) is 9.64. The molecule has 3 aliphatic rings. The summed E-state index contributed by atoms with van der Waals surface area (Å²) in [5.74, 6) is -8.94. The lowest BCUT2D eigenvalue weighted by Gasteiger charge is -2.53.